The molecule has 4 aliphatic heterocycles. The number of carbonyl (C=O) groups is 4. The molecule has 0 bridgehead atoms. The third kappa shape index (κ3) is 28.2. The van der Waals surface area contributed by atoms with Crippen molar-refractivity contribution in [2.75, 3.05) is 85.7 Å². The van der Waals surface area contributed by atoms with E-state index in [1.54, 1.807) is 60.1 Å². The molecule has 796 valence electrons. The first-order valence-electron chi connectivity index (χ1n) is 48.7. The van der Waals surface area contributed by atoms with E-state index in [1.165, 1.54) is 142 Å². The zero-order valence-corrected chi connectivity index (χ0v) is 85.3. The maximum atomic E-state index is 13.6. The Morgan fingerprint density at radius 1 is 0.307 bits per heavy atom. The summed E-state index contributed by atoms with van der Waals surface area (Å²) in [6, 6.07) is 81.0. The number of halogens is 6. The number of hydrogen-bond acceptors (Lipinski definition) is 25. The molecule has 0 saturated carbocycles. The monoisotopic (exact) mass is 2150 g/mol. The molecule has 4 amide bonds. The number of likely N-dealkylation sites (tertiary alicyclic amines) is 1. The topological polar surface area (TPSA) is 411 Å². The molecule has 12 aromatic carbocycles. The predicted octanol–water partition coefficient (Wildman–Crippen LogP) is 18.4. The van der Waals surface area contributed by atoms with Crippen molar-refractivity contribution in [3.05, 3.63) is 331 Å². The van der Waals surface area contributed by atoms with Gasteiger partial charge >= 0.3 is 6.36 Å². The highest BCUT2D eigenvalue weighted by molar-refractivity contribution is 7.94. The number of rotatable bonds is 38. The molecule has 39 heteroatoms. The number of nitrogens with zero attached hydrogens (tertiary/aromatic N) is 1. The van der Waals surface area contributed by atoms with Crippen LogP contribution in [0, 0.1) is 17.5 Å². The zero-order valence-electron chi connectivity index (χ0n) is 82.0. The first-order valence-corrected chi connectivity index (χ1v) is 54.6. The van der Waals surface area contributed by atoms with Gasteiger partial charge < -0.3 is 42.8 Å². The summed E-state index contributed by atoms with van der Waals surface area (Å²) in [4.78, 5) is 51.7. The minimum Gasteiger partial charge on any atom is -0.494 e. The lowest BCUT2D eigenvalue weighted by Crippen LogP contribution is -2.57. The van der Waals surface area contributed by atoms with Crippen LogP contribution < -0.4 is 45.6 Å². The van der Waals surface area contributed by atoms with Gasteiger partial charge in [0.2, 0.25) is 0 Å². The van der Waals surface area contributed by atoms with Gasteiger partial charge in [0.25, 0.3) is 23.6 Å². The molecule has 12 aromatic rings. The second-order valence-electron chi connectivity index (χ2n) is 36.1. The Balaban J connectivity index is 0.000000167. The van der Waals surface area contributed by atoms with Gasteiger partial charge in [-0.1, -0.05) is 159 Å². The van der Waals surface area contributed by atoms with Crippen LogP contribution >= 0.6 is 0 Å². The molecule has 0 atom stereocenters. The minimum atomic E-state index is -4.74. The summed E-state index contributed by atoms with van der Waals surface area (Å²) in [6.45, 7) is 5.93. The Hall–Kier alpha value is -13.4. The van der Waals surface area contributed by atoms with E-state index in [0.29, 0.717) is 99.3 Å². The molecule has 0 unspecified atom stereocenters. The second kappa shape index (κ2) is 52.4. The van der Waals surface area contributed by atoms with Crippen LogP contribution in [0.1, 0.15) is 106 Å². The lowest BCUT2D eigenvalue weighted by molar-refractivity contribution is -0.274. The van der Waals surface area contributed by atoms with Crippen molar-refractivity contribution in [2.45, 2.75) is 155 Å². The number of carbonyl (C=O) groups excluding carboxylic acids is 4. The van der Waals surface area contributed by atoms with E-state index in [9.17, 15) is 84.4 Å². The summed E-state index contributed by atoms with van der Waals surface area (Å²) in [5.41, 5.74) is 17.6. The Kier molecular flexibility index (Phi) is 39.7. The number of aryl methyl sites for hydroxylation is 4. The van der Waals surface area contributed by atoms with E-state index in [2.05, 4.69) is 52.1 Å². The fourth-order valence-electron chi connectivity index (χ4n) is 18.3. The molecule has 0 radical (unpaired) electrons. The Bertz CT molecular complexity index is 6990. The zero-order chi connectivity index (χ0) is 107. The average Bonchev–Trinajstić information content (AvgIpc) is 0.597. The van der Waals surface area contributed by atoms with E-state index in [0.717, 1.165) is 77.2 Å². The van der Waals surface area contributed by atoms with Crippen LogP contribution in [-0.4, -0.2) is 194 Å². The third-order valence-electron chi connectivity index (χ3n) is 26.8. The van der Waals surface area contributed by atoms with Crippen molar-refractivity contribution in [2.24, 2.45) is 0 Å². The smallest absolute Gasteiger partial charge is 0.494 e. The van der Waals surface area contributed by atoms with E-state index in [4.69, 9.17) is 48.8 Å². The standard InChI is InChI=1S/C29H34N2O5S.C28H28F3NO7S.C27H27F2NO6S.C27H28FNO6S/c1-2-31-19-17-29(18-20-31,28(32)30-33)37(34,35)27-15-13-26(14-16-27)36-21-7-9-23-8-6-12-25(22-23)24-10-4-3-5-11-24;29-28(30,31)39-24-8-6-21(7-9-24)22-5-1-3-20(19-22)4-2-16-38-23-10-12-25(13-11-23)40(35,36)27(26(33)32-34)14-17-37-18-15-27;28-22-16-21(17-23(29)18-22)20-5-1-3-19(15-20)4-2-12-36-24-6-8-25(9-7-24)37(33,34)27(26(31)30-32)10-13-35-14-11-27;28-23-8-6-21(7-9-23)22-5-1-3-20(19-22)4-2-16-35-24-10-12-25(13-11-24)36(32,33)27(26(30)29-31)14-17-34-18-15-27/h3-6,8,10-16,22,33H,2,7,9,17-21H2,1H3,(H,30,32);1,3,5-13,19,34H,2,4,14-18H2,(H,32,33);1,3,5-9,15-18,32H,2,4,10-14H2,(H,30,31);1,3,5-13,19,31H,2,4,14-18H2,(H,29,30). The van der Waals surface area contributed by atoms with E-state index in [-0.39, 0.29) is 122 Å². The van der Waals surface area contributed by atoms with Crippen molar-refractivity contribution < 1.29 is 138 Å². The molecule has 16 rings (SSSR count). The quantitative estimate of drug-likeness (QED) is 0.00771. The van der Waals surface area contributed by atoms with Crippen molar-refractivity contribution in [1.82, 2.24) is 26.8 Å². The largest absolute Gasteiger partial charge is 0.573 e. The highest BCUT2D eigenvalue weighted by Gasteiger charge is 2.56. The van der Waals surface area contributed by atoms with E-state index >= 15 is 0 Å². The molecule has 4 saturated heterocycles. The number of sulfone groups is 4. The fraction of sp³-hybridized carbons (Fsp3) is 0.315. The summed E-state index contributed by atoms with van der Waals surface area (Å²) < 4.78 is 220. The molecule has 4 aliphatic rings. The predicted molar refractivity (Wildman–Crippen MR) is 546 cm³/mol. The molecule has 0 spiro atoms. The van der Waals surface area contributed by atoms with Crippen LogP contribution in [0.15, 0.2) is 311 Å². The van der Waals surface area contributed by atoms with Gasteiger partial charge in [-0.2, -0.15) is 0 Å². The van der Waals surface area contributed by atoms with Crippen LogP contribution in [0.2, 0.25) is 0 Å². The van der Waals surface area contributed by atoms with Gasteiger partial charge in [-0.3, -0.25) is 40.0 Å². The van der Waals surface area contributed by atoms with Gasteiger partial charge in [-0.05, 0) is 309 Å². The van der Waals surface area contributed by atoms with Crippen LogP contribution in [-0.2, 0) is 98.4 Å². The minimum absolute atomic E-state index is 0.0158. The number of ether oxygens (including phenoxy) is 8. The van der Waals surface area contributed by atoms with Crippen molar-refractivity contribution in [1.29, 1.82) is 0 Å². The molecule has 4 heterocycles. The summed E-state index contributed by atoms with van der Waals surface area (Å²) in [5.74, 6) is -3.58. The van der Waals surface area contributed by atoms with Gasteiger partial charge in [0.15, 0.2) is 58.3 Å². The van der Waals surface area contributed by atoms with Crippen LogP contribution in [0.5, 0.6) is 28.7 Å². The van der Waals surface area contributed by atoms with Gasteiger partial charge in [0, 0.05) is 58.8 Å². The Morgan fingerprint density at radius 2 is 0.560 bits per heavy atom. The number of amides is 4. The molecule has 8 N–H and O–H groups in total. The maximum Gasteiger partial charge on any atom is 0.573 e. The molecule has 0 aliphatic carbocycles. The normalized spacial score (nSPS) is 15.4. The number of benzene rings is 12. The average molecular weight is 2150 g/mol. The van der Waals surface area contributed by atoms with Crippen molar-refractivity contribution in [3.8, 4) is 73.3 Å². The molecule has 150 heavy (non-hydrogen) atoms. The highest BCUT2D eigenvalue weighted by atomic mass is 32.2. The molecule has 29 nitrogen and oxygen atoms in total. The first-order chi connectivity index (χ1) is 72.0. The van der Waals surface area contributed by atoms with Crippen LogP contribution in [0.4, 0.5) is 26.3 Å². The van der Waals surface area contributed by atoms with Gasteiger partial charge in [0.1, 0.15) is 46.2 Å². The molecular weight excluding hydrogens is 2030 g/mol. The third-order valence-corrected chi connectivity index (χ3v) is 36.9. The molecule has 0 aromatic heterocycles. The Labute approximate surface area is 866 Å². The first kappa shape index (κ1) is 114. The van der Waals surface area contributed by atoms with Gasteiger partial charge in [-0.25, -0.2) is 68.8 Å². The van der Waals surface area contributed by atoms with Crippen molar-refractivity contribution >= 4 is 63.0 Å². The van der Waals surface area contributed by atoms with Gasteiger partial charge in [0.05, 0.1) is 46.0 Å². The SMILES string of the molecule is CCN1CCC(C(=O)NO)(S(=O)(=O)c2ccc(OCCCc3cccc(-c4ccccc4)c3)cc2)CC1.O=C(NO)C1(S(=O)(=O)c2ccc(OCCCc3cccc(-c4cc(F)cc(F)c4)c3)cc2)CCOCC1.O=C(NO)C1(S(=O)(=O)c2ccc(OCCCc3cccc(-c4ccc(F)cc4)c3)cc2)CCOCC1.O=C(NO)C1(S(=O)(=O)c2ccc(OCCCc3cccc(-c4ccc(OC(F)(F)F)cc4)c3)cc2)CCOCC1. The van der Waals surface area contributed by atoms with Gasteiger partial charge in [-0.15, -0.1) is 13.2 Å². The maximum absolute atomic E-state index is 13.6. The number of hydroxylamine groups is 4. The number of alkyl halides is 3. The number of hydrogen-bond donors (Lipinski definition) is 8. The number of piperidine rings is 1. The Morgan fingerprint density at radius 3 is 0.833 bits per heavy atom. The summed E-state index contributed by atoms with van der Waals surface area (Å²) in [7, 11) is -16.3. The second-order valence-corrected chi connectivity index (χ2v) is 45.2. The van der Waals surface area contributed by atoms with E-state index < -0.39 is 100.0 Å². The van der Waals surface area contributed by atoms with Crippen LogP contribution in [0.3, 0.4) is 0 Å². The highest BCUT2D eigenvalue weighted by Crippen LogP contribution is 2.43. The fourth-order valence-corrected chi connectivity index (χ4v) is 26.1. The number of nitrogens with one attached hydrogen (secondary N) is 4. The lowest BCUT2D eigenvalue weighted by Gasteiger charge is -2.39. The lowest BCUT2D eigenvalue weighted by atomic mass is 9.95. The van der Waals surface area contributed by atoms with Crippen molar-refractivity contribution in [3.63, 3.8) is 0 Å². The van der Waals surface area contributed by atoms with Crippen LogP contribution in [0.25, 0.3) is 44.5 Å². The molecular formula is C111H117F6N5O24S4. The van der Waals surface area contributed by atoms with E-state index in [1.807, 2.05) is 85.8 Å². The summed E-state index contributed by atoms with van der Waals surface area (Å²) >= 11 is 0. The summed E-state index contributed by atoms with van der Waals surface area (Å²) in [5, 5.41) is 36.8. The summed E-state index contributed by atoms with van der Waals surface area (Å²) in [6.07, 6.45) is 1.01. The molecule has 4 fully saturated rings.